The van der Waals surface area contributed by atoms with Gasteiger partial charge in [-0.2, -0.15) is 0 Å². The SMILES string of the molecule is CCCN(CCC)C(=O)c1cc(C)cc(C(=O)N[C@H](CCNC2CCCc3cc(OC)ccc32)Cc2cc(F)cc(F)c2)c1. The zero-order valence-electron chi connectivity index (χ0n) is 26.3. The minimum Gasteiger partial charge on any atom is -0.497 e. The van der Waals surface area contributed by atoms with Crippen molar-refractivity contribution >= 4 is 11.8 Å². The van der Waals surface area contributed by atoms with Crippen molar-refractivity contribution in [3.8, 4) is 5.75 Å². The molecular formula is C36H45F2N3O3. The highest BCUT2D eigenvalue weighted by atomic mass is 19.1. The number of carbonyl (C=O) groups is 2. The Morgan fingerprint density at radius 1 is 0.977 bits per heavy atom. The van der Waals surface area contributed by atoms with Crippen LogP contribution in [0.5, 0.6) is 5.75 Å². The summed E-state index contributed by atoms with van der Waals surface area (Å²) in [7, 11) is 1.67. The summed E-state index contributed by atoms with van der Waals surface area (Å²) < 4.78 is 33.5. The lowest BCUT2D eigenvalue weighted by molar-refractivity contribution is 0.0755. The van der Waals surface area contributed by atoms with Gasteiger partial charge in [0.15, 0.2) is 0 Å². The number of rotatable bonds is 14. The number of ether oxygens (including phenoxy) is 1. The molecule has 4 rings (SSSR count). The molecule has 0 aliphatic heterocycles. The molecule has 0 bridgehead atoms. The van der Waals surface area contributed by atoms with Crippen LogP contribution >= 0.6 is 0 Å². The number of nitrogens with one attached hydrogen (secondary N) is 2. The van der Waals surface area contributed by atoms with Crippen molar-refractivity contribution in [2.24, 2.45) is 0 Å². The Labute approximate surface area is 260 Å². The molecule has 1 aliphatic carbocycles. The van der Waals surface area contributed by atoms with Gasteiger partial charge in [-0.1, -0.05) is 19.9 Å². The average Bonchev–Trinajstić information content (AvgIpc) is 2.99. The summed E-state index contributed by atoms with van der Waals surface area (Å²) >= 11 is 0. The third kappa shape index (κ3) is 8.88. The van der Waals surface area contributed by atoms with Crippen LogP contribution in [0, 0.1) is 18.6 Å². The first-order valence-corrected chi connectivity index (χ1v) is 15.8. The van der Waals surface area contributed by atoms with Crippen LogP contribution in [0.3, 0.4) is 0 Å². The molecule has 3 aromatic rings. The fourth-order valence-electron chi connectivity index (χ4n) is 6.14. The van der Waals surface area contributed by atoms with Crippen molar-refractivity contribution in [3.63, 3.8) is 0 Å². The molecule has 236 valence electrons. The Morgan fingerprint density at radius 2 is 1.68 bits per heavy atom. The molecule has 1 unspecified atom stereocenters. The second-order valence-corrected chi connectivity index (χ2v) is 11.8. The van der Waals surface area contributed by atoms with Crippen LogP contribution in [-0.2, 0) is 12.8 Å². The number of methoxy groups -OCH3 is 1. The minimum absolute atomic E-state index is 0.0900. The predicted molar refractivity (Wildman–Crippen MR) is 170 cm³/mol. The van der Waals surface area contributed by atoms with Gasteiger partial charge in [-0.15, -0.1) is 0 Å². The van der Waals surface area contributed by atoms with Gasteiger partial charge in [0.1, 0.15) is 17.4 Å². The number of amides is 2. The van der Waals surface area contributed by atoms with E-state index in [4.69, 9.17) is 4.74 Å². The van der Waals surface area contributed by atoms with Crippen LogP contribution in [-0.4, -0.2) is 49.5 Å². The van der Waals surface area contributed by atoms with Crippen molar-refractivity contribution in [3.05, 3.63) is 99.6 Å². The lowest BCUT2D eigenvalue weighted by atomic mass is 9.87. The first-order chi connectivity index (χ1) is 21.2. The van der Waals surface area contributed by atoms with Crippen LogP contribution in [0.25, 0.3) is 0 Å². The van der Waals surface area contributed by atoms with Gasteiger partial charge in [-0.25, -0.2) is 8.78 Å². The number of hydrogen-bond donors (Lipinski definition) is 2. The van der Waals surface area contributed by atoms with Crippen LogP contribution in [0.15, 0.2) is 54.6 Å². The smallest absolute Gasteiger partial charge is 0.253 e. The second-order valence-electron chi connectivity index (χ2n) is 11.8. The molecule has 0 fully saturated rings. The maximum Gasteiger partial charge on any atom is 0.253 e. The number of fused-ring (bicyclic) bond motifs is 1. The van der Waals surface area contributed by atoms with Crippen LogP contribution in [0.2, 0.25) is 0 Å². The average molecular weight is 606 g/mol. The number of halogens is 2. The highest BCUT2D eigenvalue weighted by molar-refractivity contribution is 6.00. The molecular weight excluding hydrogens is 560 g/mol. The summed E-state index contributed by atoms with van der Waals surface area (Å²) in [6, 6.07) is 14.6. The summed E-state index contributed by atoms with van der Waals surface area (Å²) in [5, 5.41) is 6.75. The molecule has 0 saturated heterocycles. The lowest BCUT2D eigenvalue weighted by Gasteiger charge is -2.28. The molecule has 0 spiro atoms. The molecule has 2 atom stereocenters. The summed E-state index contributed by atoms with van der Waals surface area (Å²) in [5.41, 5.74) is 4.68. The Hall–Kier alpha value is -3.78. The molecule has 2 N–H and O–H groups in total. The fourth-order valence-corrected chi connectivity index (χ4v) is 6.14. The van der Waals surface area contributed by atoms with Gasteiger partial charge in [-0.05, 0) is 123 Å². The van der Waals surface area contributed by atoms with Crippen LogP contribution in [0.4, 0.5) is 8.78 Å². The first kappa shape index (κ1) is 33.1. The third-order valence-electron chi connectivity index (χ3n) is 8.15. The normalized spacial score (nSPS) is 14.9. The highest BCUT2D eigenvalue weighted by Crippen LogP contribution is 2.32. The maximum atomic E-state index is 14.1. The van der Waals surface area contributed by atoms with Gasteiger partial charge >= 0.3 is 0 Å². The van der Waals surface area contributed by atoms with E-state index in [1.807, 2.05) is 37.8 Å². The summed E-state index contributed by atoms with van der Waals surface area (Å²) in [5.74, 6) is -0.866. The van der Waals surface area contributed by atoms with Crippen molar-refractivity contribution in [1.29, 1.82) is 0 Å². The fraction of sp³-hybridized carbons (Fsp3) is 0.444. The molecule has 0 heterocycles. The number of aryl methyl sites for hydroxylation is 2. The Kier molecular flexibility index (Phi) is 11.9. The van der Waals surface area contributed by atoms with Crippen LogP contribution < -0.4 is 15.4 Å². The number of hydrogen-bond acceptors (Lipinski definition) is 4. The van der Waals surface area contributed by atoms with Crippen molar-refractivity contribution in [2.75, 3.05) is 26.7 Å². The van der Waals surface area contributed by atoms with Gasteiger partial charge in [0.25, 0.3) is 11.8 Å². The van der Waals surface area contributed by atoms with E-state index in [0.29, 0.717) is 42.7 Å². The quantitative estimate of drug-likeness (QED) is 0.209. The van der Waals surface area contributed by atoms with E-state index in [-0.39, 0.29) is 24.3 Å². The van der Waals surface area contributed by atoms with Gasteiger partial charge in [-0.3, -0.25) is 9.59 Å². The summed E-state index contributed by atoms with van der Waals surface area (Å²) in [6.45, 7) is 7.84. The van der Waals surface area contributed by atoms with Crippen molar-refractivity contribution in [1.82, 2.24) is 15.5 Å². The zero-order chi connectivity index (χ0) is 31.6. The molecule has 6 nitrogen and oxygen atoms in total. The lowest BCUT2D eigenvalue weighted by Crippen LogP contribution is -2.39. The van der Waals surface area contributed by atoms with Crippen molar-refractivity contribution in [2.45, 2.75) is 77.8 Å². The molecule has 0 aromatic heterocycles. The van der Waals surface area contributed by atoms with Gasteiger partial charge in [0.05, 0.1) is 7.11 Å². The van der Waals surface area contributed by atoms with Gasteiger partial charge < -0.3 is 20.3 Å². The minimum atomic E-state index is -0.650. The second kappa shape index (κ2) is 15.8. The molecule has 0 saturated carbocycles. The third-order valence-corrected chi connectivity index (χ3v) is 8.15. The largest absolute Gasteiger partial charge is 0.497 e. The first-order valence-electron chi connectivity index (χ1n) is 15.8. The number of carbonyl (C=O) groups excluding carboxylic acids is 2. The van der Waals surface area contributed by atoms with E-state index in [1.165, 1.54) is 23.3 Å². The Bertz CT molecular complexity index is 1420. The standard InChI is InChI=1S/C36H45F2N3O3/c1-5-14-41(15-6-2)36(43)28-17-24(3)16-27(21-28)35(42)40-31(20-25-18-29(37)23-30(38)19-25)12-13-39-34-9-7-8-26-22-32(44-4)10-11-33(26)34/h10-11,16-19,21-23,31,34,39H,5-9,12-15,20H2,1-4H3,(H,40,42)/t31-,34?/m1/s1. The molecule has 2 amide bonds. The predicted octanol–water partition coefficient (Wildman–Crippen LogP) is 6.94. The van der Waals surface area contributed by atoms with E-state index in [1.54, 1.807) is 19.2 Å². The van der Waals surface area contributed by atoms with E-state index in [9.17, 15) is 18.4 Å². The molecule has 3 aromatic carbocycles. The Morgan fingerprint density at radius 3 is 2.36 bits per heavy atom. The number of benzene rings is 3. The number of nitrogens with zero attached hydrogens (tertiary/aromatic N) is 1. The van der Waals surface area contributed by atoms with Gasteiger partial charge in [0, 0.05) is 42.4 Å². The summed E-state index contributed by atoms with van der Waals surface area (Å²) in [4.78, 5) is 28.7. The van der Waals surface area contributed by atoms with Crippen molar-refractivity contribution < 1.29 is 23.1 Å². The molecule has 1 aliphatic rings. The van der Waals surface area contributed by atoms with Gasteiger partial charge in [0.2, 0.25) is 0 Å². The molecule has 0 radical (unpaired) electrons. The van der Waals surface area contributed by atoms with E-state index in [2.05, 4.69) is 22.8 Å². The zero-order valence-corrected chi connectivity index (χ0v) is 26.3. The maximum absolute atomic E-state index is 14.1. The molecule has 44 heavy (non-hydrogen) atoms. The van der Waals surface area contributed by atoms with E-state index >= 15 is 0 Å². The highest BCUT2D eigenvalue weighted by Gasteiger charge is 2.23. The van der Waals surface area contributed by atoms with Crippen LogP contribution in [0.1, 0.15) is 95.0 Å². The molecule has 8 heteroatoms. The van der Waals surface area contributed by atoms with E-state index < -0.39 is 17.7 Å². The Balaban J connectivity index is 1.51. The summed E-state index contributed by atoms with van der Waals surface area (Å²) in [6.07, 6.45) is 5.57. The van der Waals surface area contributed by atoms with E-state index in [0.717, 1.165) is 49.5 Å². The monoisotopic (exact) mass is 605 g/mol. The topological polar surface area (TPSA) is 70.7 Å².